The Morgan fingerprint density at radius 1 is 1.29 bits per heavy atom. The van der Waals surface area contributed by atoms with Gasteiger partial charge < -0.3 is 4.74 Å². The van der Waals surface area contributed by atoms with Crippen molar-refractivity contribution in [2.75, 3.05) is 19.7 Å². The van der Waals surface area contributed by atoms with Crippen molar-refractivity contribution in [3.05, 3.63) is 20.9 Å². The molecular weight excluding hydrogens is 220 g/mol. The van der Waals surface area contributed by atoms with Crippen LogP contribution >= 0.6 is 0 Å². The van der Waals surface area contributed by atoms with Crippen LogP contribution in [0.1, 0.15) is 32.6 Å². The molecule has 0 saturated carbocycles. The van der Waals surface area contributed by atoms with Crippen LogP contribution in [-0.2, 0) is 4.74 Å². The van der Waals surface area contributed by atoms with Gasteiger partial charge in [-0.05, 0) is 42.2 Å². The maximum absolute atomic E-state index is 8.36. The first-order valence-electron chi connectivity index (χ1n) is 5.83. The average Bonchev–Trinajstić information content (AvgIpc) is 2.85. The van der Waals surface area contributed by atoms with Crippen molar-refractivity contribution in [1.29, 1.82) is 0 Å². The number of nitrogens with zero attached hydrogens (tertiary/aromatic N) is 6. The van der Waals surface area contributed by atoms with Crippen LogP contribution in [0.25, 0.3) is 20.9 Å². The van der Waals surface area contributed by atoms with Crippen LogP contribution in [0.15, 0.2) is 10.2 Å². The molecule has 0 aromatic heterocycles. The van der Waals surface area contributed by atoms with Gasteiger partial charge in [0.25, 0.3) is 0 Å². The first-order valence-corrected chi connectivity index (χ1v) is 5.83. The summed E-state index contributed by atoms with van der Waals surface area (Å²) in [5, 5.41) is 7.20. The van der Waals surface area contributed by atoms with Crippen LogP contribution in [0, 0.1) is 5.41 Å². The van der Waals surface area contributed by atoms with Gasteiger partial charge in [0.05, 0.1) is 6.10 Å². The van der Waals surface area contributed by atoms with Gasteiger partial charge >= 0.3 is 0 Å². The third-order valence-electron chi connectivity index (χ3n) is 3.13. The van der Waals surface area contributed by atoms with Crippen LogP contribution in [0.5, 0.6) is 0 Å². The van der Waals surface area contributed by atoms with Crippen molar-refractivity contribution in [2.24, 2.45) is 15.6 Å². The minimum atomic E-state index is -0.260. The van der Waals surface area contributed by atoms with Crippen LogP contribution in [0.4, 0.5) is 0 Å². The number of azide groups is 2. The molecule has 1 aliphatic heterocycles. The molecule has 1 heterocycles. The van der Waals surface area contributed by atoms with Gasteiger partial charge in [0.1, 0.15) is 0 Å². The molecule has 1 unspecified atom stereocenters. The molecule has 1 rings (SSSR count). The van der Waals surface area contributed by atoms with Crippen LogP contribution < -0.4 is 0 Å². The Labute approximate surface area is 100 Å². The summed E-state index contributed by atoms with van der Waals surface area (Å²) in [5.41, 5.74) is 16.5. The molecule has 0 amide bonds. The van der Waals surface area contributed by atoms with Gasteiger partial charge in [0, 0.05) is 29.5 Å². The van der Waals surface area contributed by atoms with Gasteiger partial charge in [-0.15, -0.1) is 0 Å². The van der Waals surface area contributed by atoms with Gasteiger partial charge in [0.15, 0.2) is 0 Å². The van der Waals surface area contributed by atoms with E-state index in [1.54, 1.807) is 0 Å². The van der Waals surface area contributed by atoms with E-state index in [1.807, 2.05) is 6.92 Å². The van der Waals surface area contributed by atoms with Crippen molar-refractivity contribution in [1.82, 2.24) is 0 Å². The molecule has 1 fully saturated rings. The lowest BCUT2D eigenvalue weighted by Gasteiger charge is -2.26. The molecule has 17 heavy (non-hydrogen) atoms. The van der Waals surface area contributed by atoms with E-state index in [0.717, 1.165) is 32.3 Å². The Balaban J connectivity index is 2.48. The lowest BCUT2D eigenvalue weighted by Crippen LogP contribution is -2.25. The van der Waals surface area contributed by atoms with Crippen molar-refractivity contribution < 1.29 is 4.74 Å². The predicted molar refractivity (Wildman–Crippen MR) is 64.3 cm³/mol. The zero-order chi connectivity index (χ0) is 12.6. The van der Waals surface area contributed by atoms with Gasteiger partial charge in [-0.25, -0.2) is 0 Å². The van der Waals surface area contributed by atoms with E-state index in [9.17, 15) is 0 Å². The third-order valence-corrected chi connectivity index (χ3v) is 3.13. The van der Waals surface area contributed by atoms with Crippen LogP contribution in [0.2, 0.25) is 0 Å². The van der Waals surface area contributed by atoms with E-state index in [-0.39, 0.29) is 5.41 Å². The normalized spacial score (nSPS) is 22.3. The van der Waals surface area contributed by atoms with Gasteiger partial charge in [0.2, 0.25) is 0 Å². The monoisotopic (exact) mass is 238 g/mol. The zero-order valence-electron chi connectivity index (χ0n) is 10.1. The predicted octanol–water partition coefficient (Wildman–Crippen LogP) is 3.57. The summed E-state index contributed by atoms with van der Waals surface area (Å²) >= 11 is 0. The summed E-state index contributed by atoms with van der Waals surface area (Å²) in [6.07, 6.45) is 4.30. The molecule has 1 saturated heterocycles. The molecule has 1 aliphatic rings. The standard InChI is InChI=1S/C10H18N6O/c1-10(7-13-15-11,8-14-16-12)5-4-9-3-2-6-17-9/h9H,2-8H2,1H3. The molecular formula is C10H18N6O. The second kappa shape index (κ2) is 7.01. The second-order valence-electron chi connectivity index (χ2n) is 4.76. The number of ether oxygens (including phenoxy) is 1. The van der Waals surface area contributed by atoms with E-state index < -0.39 is 0 Å². The summed E-state index contributed by atoms with van der Waals surface area (Å²) < 4.78 is 5.55. The zero-order valence-corrected chi connectivity index (χ0v) is 10.1. The maximum atomic E-state index is 8.36. The molecule has 0 aromatic rings. The Hall–Kier alpha value is -1.42. The Kier molecular flexibility index (Phi) is 5.63. The Morgan fingerprint density at radius 3 is 2.41 bits per heavy atom. The first-order chi connectivity index (χ1) is 8.20. The fraction of sp³-hybridized carbons (Fsp3) is 1.00. The molecule has 0 aliphatic carbocycles. The molecule has 0 radical (unpaired) electrons. The fourth-order valence-electron chi connectivity index (χ4n) is 1.99. The average molecular weight is 238 g/mol. The highest BCUT2D eigenvalue weighted by molar-refractivity contribution is 4.82. The molecule has 0 N–H and O–H groups in total. The highest BCUT2D eigenvalue weighted by Crippen LogP contribution is 2.28. The van der Waals surface area contributed by atoms with Gasteiger partial charge in [-0.1, -0.05) is 17.2 Å². The summed E-state index contributed by atoms with van der Waals surface area (Å²) in [5.74, 6) is 0. The first kappa shape index (κ1) is 13.6. The smallest absolute Gasteiger partial charge is 0.0576 e. The van der Waals surface area contributed by atoms with Crippen LogP contribution in [0.3, 0.4) is 0 Å². The van der Waals surface area contributed by atoms with Gasteiger partial charge in [-0.2, -0.15) is 0 Å². The van der Waals surface area contributed by atoms with Gasteiger partial charge in [-0.3, -0.25) is 0 Å². The molecule has 7 nitrogen and oxygen atoms in total. The van der Waals surface area contributed by atoms with Crippen LogP contribution in [-0.4, -0.2) is 25.8 Å². The molecule has 0 spiro atoms. The van der Waals surface area contributed by atoms with Crippen molar-refractivity contribution >= 4 is 0 Å². The number of hydrogen-bond donors (Lipinski definition) is 0. The van der Waals surface area contributed by atoms with E-state index in [1.165, 1.54) is 0 Å². The van der Waals surface area contributed by atoms with E-state index in [0.29, 0.717) is 19.2 Å². The summed E-state index contributed by atoms with van der Waals surface area (Å²) in [6, 6.07) is 0. The number of hydrogen-bond acceptors (Lipinski definition) is 3. The maximum Gasteiger partial charge on any atom is 0.0576 e. The minimum Gasteiger partial charge on any atom is -0.378 e. The molecule has 94 valence electrons. The SMILES string of the molecule is CC(CCC1CCCO1)(CN=[N+]=[N-])CN=[N+]=[N-]. The summed E-state index contributed by atoms with van der Waals surface area (Å²) in [4.78, 5) is 5.54. The van der Waals surface area contributed by atoms with Crippen molar-refractivity contribution in [3.63, 3.8) is 0 Å². The third kappa shape index (κ3) is 4.95. The highest BCUT2D eigenvalue weighted by Gasteiger charge is 2.25. The van der Waals surface area contributed by atoms with E-state index in [2.05, 4.69) is 20.1 Å². The van der Waals surface area contributed by atoms with Crippen molar-refractivity contribution in [3.8, 4) is 0 Å². The highest BCUT2D eigenvalue weighted by atomic mass is 16.5. The molecule has 0 bridgehead atoms. The van der Waals surface area contributed by atoms with E-state index >= 15 is 0 Å². The quantitative estimate of drug-likeness (QED) is 0.377. The molecule has 1 atom stereocenters. The Morgan fingerprint density at radius 2 is 1.94 bits per heavy atom. The van der Waals surface area contributed by atoms with E-state index in [4.69, 9.17) is 15.8 Å². The molecule has 0 aromatic carbocycles. The largest absolute Gasteiger partial charge is 0.378 e. The van der Waals surface area contributed by atoms with Crippen molar-refractivity contribution in [2.45, 2.75) is 38.7 Å². The lowest BCUT2D eigenvalue weighted by atomic mass is 9.84. The minimum absolute atomic E-state index is 0.260. The Bertz CT molecular complexity index is 306. The second-order valence-corrected chi connectivity index (χ2v) is 4.76. The molecule has 7 heteroatoms. The number of rotatable bonds is 7. The summed E-state index contributed by atoms with van der Waals surface area (Å²) in [7, 11) is 0. The lowest BCUT2D eigenvalue weighted by molar-refractivity contribution is 0.0914. The fourth-order valence-corrected chi connectivity index (χ4v) is 1.99. The topological polar surface area (TPSA) is 107 Å². The summed E-state index contributed by atoms with van der Waals surface area (Å²) in [6.45, 7) is 3.53.